The zero-order valence-corrected chi connectivity index (χ0v) is 10.3. The van der Waals surface area contributed by atoms with Crippen LogP contribution in [0.3, 0.4) is 0 Å². The Bertz CT molecular complexity index is 253. The van der Waals surface area contributed by atoms with Gasteiger partial charge in [-0.05, 0) is 46.1 Å². The van der Waals surface area contributed by atoms with Crippen molar-refractivity contribution in [3.8, 4) is 0 Å². The Hall–Kier alpha value is -0.770. The largest absolute Gasteiger partial charge is 0.335 e. The van der Waals surface area contributed by atoms with Gasteiger partial charge in [-0.2, -0.15) is 0 Å². The second-order valence-corrected chi connectivity index (χ2v) is 5.30. The van der Waals surface area contributed by atoms with E-state index in [2.05, 4.69) is 29.5 Å². The second kappa shape index (κ2) is 5.04. The van der Waals surface area contributed by atoms with Crippen LogP contribution in [0.2, 0.25) is 0 Å². The van der Waals surface area contributed by atoms with Crippen molar-refractivity contribution in [2.24, 2.45) is 0 Å². The third-order valence-corrected chi connectivity index (χ3v) is 3.98. The Balaban J connectivity index is 1.70. The number of nitrogens with one attached hydrogen (secondary N) is 2. The molecule has 0 spiro atoms. The van der Waals surface area contributed by atoms with Gasteiger partial charge in [0.05, 0.1) is 0 Å². The Kier molecular flexibility index (Phi) is 3.69. The molecular weight excluding hydrogens is 202 g/mol. The van der Waals surface area contributed by atoms with E-state index in [9.17, 15) is 4.79 Å². The summed E-state index contributed by atoms with van der Waals surface area (Å²) < 4.78 is 0. The van der Waals surface area contributed by atoms with E-state index in [4.69, 9.17) is 0 Å². The van der Waals surface area contributed by atoms with Crippen molar-refractivity contribution in [1.82, 2.24) is 15.5 Å². The van der Waals surface area contributed by atoms with Crippen LogP contribution in [0.15, 0.2) is 0 Å². The van der Waals surface area contributed by atoms with Crippen molar-refractivity contribution in [2.45, 2.75) is 57.2 Å². The molecule has 4 nitrogen and oxygen atoms in total. The van der Waals surface area contributed by atoms with E-state index in [0.717, 1.165) is 32.2 Å². The lowest BCUT2D eigenvalue weighted by Gasteiger charge is -2.36. The molecule has 92 valence electrons. The molecule has 1 heterocycles. The van der Waals surface area contributed by atoms with Gasteiger partial charge in [-0.3, -0.25) is 0 Å². The van der Waals surface area contributed by atoms with E-state index >= 15 is 0 Å². The second-order valence-electron chi connectivity index (χ2n) is 5.30. The van der Waals surface area contributed by atoms with Crippen molar-refractivity contribution >= 4 is 6.03 Å². The predicted octanol–water partition coefficient (Wildman–Crippen LogP) is 1.32. The fourth-order valence-corrected chi connectivity index (χ4v) is 2.39. The summed E-state index contributed by atoms with van der Waals surface area (Å²) in [6.45, 7) is 3.30. The monoisotopic (exact) mass is 225 g/mol. The van der Waals surface area contributed by atoms with Gasteiger partial charge in [0, 0.05) is 24.7 Å². The van der Waals surface area contributed by atoms with Crippen molar-refractivity contribution in [2.75, 3.05) is 13.6 Å². The van der Waals surface area contributed by atoms with Crippen molar-refractivity contribution < 1.29 is 4.79 Å². The Morgan fingerprint density at radius 3 is 2.44 bits per heavy atom. The van der Waals surface area contributed by atoms with Crippen LogP contribution in [-0.4, -0.2) is 42.6 Å². The van der Waals surface area contributed by atoms with Gasteiger partial charge >= 0.3 is 6.03 Å². The first-order valence-corrected chi connectivity index (χ1v) is 6.42. The Morgan fingerprint density at radius 1 is 1.19 bits per heavy atom. The lowest BCUT2D eigenvalue weighted by Crippen LogP contribution is -2.52. The van der Waals surface area contributed by atoms with Crippen LogP contribution in [0, 0.1) is 0 Å². The molecule has 2 atom stereocenters. The number of piperidine rings is 1. The third kappa shape index (κ3) is 2.88. The third-order valence-electron chi connectivity index (χ3n) is 3.98. The molecule has 2 aliphatic rings. The van der Waals surface area contributed by atoms with E-state index < -0.39 is 0 Å². The minimum absolute atomic E-state index is 0.0338. The number of carbonyl (C=O) groups excluding carboxylic acids is 1. The molecule has 16 heavy (non-hydrogen) atoms. The molecule has 0 bridgehead atoms. The number of urea groups is 1. The molecule has 1 saturated carbocycles. The first-order valence-electron chi connectivity index (χ1n) is 6.42. The summed E-state index contributed by atoms with van der Waals surface area (Å²) in [6, 6.07) is 1.39. The van der Waals surface area contributed by atoms with Crippen molar-refractivity contribution in [3.05, 3.63) is 0 Å². The summed E-state index contributed by atoms with van der Waals surface area (Å²) in [5, 5.41) is 6.12. The van der Waals surface area contributed by atoms with Crippen molar-refractivity contribution in [3.63, 3.8) is 0 Å². The van der Waals surface area contributed by atoms with Crippen LogP contribution in [0.4, 0.5) is 4.79 Å². The van der Waals surface area contributed by atoms with Crippen LogP contribution in [0.1, 0.15) is 39.0 Å². The van der Waals surface area contributed by atoms with Gasteiger partial charge in [0.25, 0.3) is 0 Å². The average Bonchev–Trinajstić information content (AvgIpc) is 2.18. The normalized spacial score (nSPS) is 31.9. The number of hydrogen-bond donors (Lipinski definition) is 2. The maximum Gasteiger partial charge on any atom is 0.315 e. The van der Waals surface area contributed by atoms with Crippen LogP contribution in [0.25, 0.3) is 0 Å². The van der Waals surface area contributed by atoms with E-state index in [-0.39, 0.29) is 6.03 Å². The summed E-state index contributed by atoms with van der Waals surface area (Å²) in [6.07, 6.45) is 5.69. The minimum atomic E-state index is 0.0338. The molecule has 0 radical (unpaired) electrons. The maximum atomic E-state index is 11.7. The first kappa shape index (κ1) is 11.7. The molecule has 0 aromatic heterocycles. The van der Waals surface area contributed by atoms with Crippen LogP contribution in [-0.2, 0) is 0 Å². The van der Waals surface area contributed by atoms with Gasteiger partial charge < -0.3 is 15.5 Å². The zero-order valence-electron chi connectivity index (χ0n) is 10.3. The molecule has 2 rings (SSSR count). The highest BCUT2D eigenvalue weighted by atomic mass is 16.2. The Labute approximate surface area is 97.8 Å². The highest BCUT2D eigenvalue weighted by molar-refractivity contribution is 5.74. The van der Waals surface area contributed by atoms with Gasteiger partial charge in [0.2, 0.25) is 0 Å². The van der Waals surface area contributed by atoms with Crippen LogP contribution in [0.5, 0.6) is 0 Å². The van der Waals surface area contributed by atoms with Crippen LogP contribution < -0.4 is 10.6 Å². The SMILES string of the molecule is CC1CC(NC(=O)NC2CCC2)CCN1C. The molecule has 2 amide bonds. The van der Waals surface area contributed by atoms with E-state index in [0.29, 0.717) is 18.1 Å². The fourth-order valence-electron chi connectivity index (χ4n) is 2.39. The zero-order chi connectivity index (χ0) is 11.5. The number of rotatable bonds is 2. The Morgan fingerprint density at radius 2 is 1.88 bits per heavy atom. The quantitative estimate of drug-likeness (QED) is 0.744. The van der Waals surface area contributed by atoms with Crippen LogP contribution >= 0.6 is 0 Å². The minimum Gasteiger partial charge on any atom is -0.335 e. The van der Waals surface area contributed by atoms with E-state index in [1.165, 1.54) is 6.42 Å². The molecule has 4 heteroatoms. The molecule has 2 fully saturated rings. The molecule has 1 saturated heterocycles. The molecular formula is C12H23N3O. The summed E-state index contributed by atoms with van der Waals surface area (Å²) in [5.41, 5.74) is 0. The van der Waals surface area contributed by atoms with Gasteiger partial charge in [-0.1, -0.05) is 0 Å². The summed E-state index contributed by atoms with van der Waals surface area (Å²) in [5.74, 6) is 0. The molecule has 0 aromatic carbocycles. The number of nitrogens with zero attached hydrogens (tertiary/aromatic N) is 1. The van der Waals surface area contributed by atoms with Gasteiger partial charge in [-0.15, -0.1) is 0 Å². The summed E-state index contributed by atoms with van der Waals surface area (Å²) in [7, 11) is 2.15. The smallest absolute Gasteiger partial charge is 0.315 e. The first-order chi connectivity index (χ1) is 7.65. The number of carbonyl (C=O) groups is 1. The highest BCUT2D eigenvalue weighted by Crippen LogP contribution is 2.18. The average molecular weight is 225 g/mol. The lowest BCUT2D eigenvalue weighted by molar-refractivity contribution is 0.165. The molecule has 0 aromatic rings. The van der Waals surface area contributed by atoms with Gasteiger partial charge in [0.1, 0.15) is 0 Å². The number of amides is 2. The fraction of sp³-hybridized carbons (Fsp3) is 0.917. The summed E-state index contributed by atoms with van der Waals surface area (Å²) in [4.78, 5) is 14.0. The maximum absolute atomic E-state index is 11.7. The molecule has 2 unspecified atom stereocenters. The lowest BCUT2D eigenvalue weighted by atomic mass is 9.93. The van der Waals surface area contributed by atoms with Crippen molar-refractivity contribution in [1.29, 1.82) is 0 Å². The highest BCUT2D eigenvalue weighted by Gasteiger charge is 2.25. The molecule has 1 aliphatic heterocycles. The molecule has 2 N–H and O–H groups in total. The molecule has 1 aliphatic carbocycles. The number of likely N-dealkylation sites (tertiary alicyclic amines) is 1. The topological polar surface area (TPSA) is 44.4 Å². The summed E-state index contributed by atoms with van der Waals surface area (Å²) >= 11 is 0. The predicted molar refractivity (Wildman–Crippen MR) is 64.4 cm³/mol. The van der Waals surface area contributed by atoms with Gasteiger partial charge in [-0.25, -0.2) is 4.79 Å². The standard InChI is InChI=1S/C12H23N3O/c1-9-8-11(6-7-15(9)2)14-12(16)13-10-4-3-5-10/h9-11H,3-8H2,1-2H3,(H2,13,14,16). The number of hydrogen-bond acceptors (Lipinski definition) is 2. The van der Waals surface area contributed by atoms with E-state index in [1.54, 1.807) is 0 Å². The van der Waals surface area contributed by atoms with E-state index in [1.807, 2.05) is 0 Å². The van der Waals surface area contributed by atoms with Gasteiger partial charge in [0.15, 0.2) is 0 Å².